The Morgan fingerprint density at radius 3 is 2.92 bits per heavy atom. The molecule has 1 aromatic rings. The van der Waals surface area contributed by atoms with Gasteiger partial charge in [-0.3, -0.25) is 14.9 Å². The van der Waals surface area contributed by atoms with Gasteiger partial charge in [-0.2, -0.15) is 0 Å². The minimum Gasteiger partial charge on any atom is -0.492 e. The molecule has 1 amide bonds. The van der Waals surface area contributed by atoms with Crippen molar-refractivity contribution in [3.63, 3.8) is 0 Å². The number of fused-ring (bicyclic) bond motifs is 2. The SMILES string of the molecule is COc1c(OCCCOC(C)=O)ccc2c1CN1C(=N2)NC(=O)C1CO. The van der Waals surface area contributed by atoms with Gasteiger partial charge in [0.2, 0.25) is 5.96 Å². The third-order valence-corrected chi connectivity index (χ3v) is 4.17. The largest absolute Gasteiger partial charge is 0.492 e. The Morgan fingerprint density at radius 2 is 2.23 bits per heavy atom. The van der Waals surface area contributed by atoms with Crippen molar-refractivity contribution in [3.05, 3.63) is 17.7 Å². The number of methoxy groups -OCH3 is 1. The van der Waals surface area contributed by atoms with Crippen molar-refractivity contribution in [1.82, 2.24) is 10.2 Å². The number of guanidine groups is 1. The van der Waals surface area contributed by atoms with Gasteiger partial charge in [-0.15, -0.1) is 0 Å². The maximum absolute atomic E-state index is 11.9. The molecule has 26 heavy (non-hydrogen) atoms. The fourth-order valence-corrected chi connectivity index (χ4v) is 2.95. The molecule has 140 valence electrons. The lowest BCUT2D eigenvalue weighted by molar-refractivity contribution is -0.141. The van der Waals surface area contributed by atoms with Crippen molar-refractivity contribution < 1.29 is 28.9 Å². The number of amides is 1. The highest BCUT2D eigenvalue weighted by atomic mass is 16.5. The molecule has 0 aromatic heterocycles. The third kappa shape index (κ3) is 3.43. The van der Waals surface area contributed by atoms with Gasteiger partial charge < -0.3 is 24.2 Å². The highest BCUT2D eigenvalue weighted by Gasteiger charge is 2.39. The summed E-state index contributed by atoms with van der Waals surface area (Å²) < 4.78 is 16.1. The van der Waals surface area contributed by atoms with Crippen molar-refractivity contribution in [2.45, 2.75) is 25.9 Å². The molecule has 2 N–H and O–H groups in total. The summed E-state index contributed by atoms with van der Waals surface area (Å²) >= 11 is 0. The number of hydrogen-bond donors (Lipinski definition) is 2. The van der Waals surface area contributed by atoms with Crippen LogP contribution in [0.3, 0.4) is 0 Å². The van der Waals surface area contributed by atoms with E-state index in [1.807, 2.05) is 0 Å². The highest BCUT2D eigenvalue weighted by molar-refractivity contribution is 6.08. The molecule has 0 bridgehead atoms. The fraction of sp³-hybridized carbons (Fsp3) is 0.471. The first kappa shape index (κ1) is 18.0. The van der Waals surface area contributed by atoms with Crippen LogP contribution in [0.25, 0.3) is 0 Å². The number of aliphatic hydroxyl groups excluding tert-OH is 1. The number of carbonyl (C=O) groups is 2. The summed E-state index contributed by atoms with van der Waals surface area (Å²) in [6, 6.07) is 2.88. The number of nitrogens with one attached hydrogen (secondary N) is 1. The zero-order valence-corrected chi connectivity index (χ0v) is 14.7. The lowest BCUT2D eigenvalue weighted by Gasteiger charge is -2.28. The van der Waals surface area contributed by atoms with Gasteiger partial charge in [-0.25, -0.2) is 4.99 Å². The average Bonchev–Trinajstić information content (AvgIpc) is 2.92. The Morgan fingerprint density at radius 1 is 1.42 bits per heavy atom. The summed E-state index contributed by atoms with van der Waals surface area (Å²) in [6.45, 7) is 2.08. The number of rotatable bonds is 7. The topological polar surface area (TPSA) is 110 Å². The second-order valence-corrected chi connectivity index (χ2v) is 5.89. The van der Waals surface area contributed by atoms with Gasteiger partial charge in [-0.1, -0.05) is 0 Å². The standard InChI is InChI=1S/C17H21N3O6/c1-10(22)25-6-3-7-26-14-5-4-12-11(15(14)24-2)8-20-13(9-21)16(23)19-17(20)18-12/h4-5,13,21H,3,6-9H2,1-2H3,(H,18,19,23). The van der Waals surface area contributed by atoms with Gasteiger partial charge >= 0.3 is 5.97 Å². The molecule has 0 spiro atoms. The maximum atomic E-state index is 11.9. The fourth-order valence-electron chi connectivity index (χ4n) is 2.95. The van der Waals surface area contributed by atoms with Crippen LogP contribution in [0.1, 0.15) is 18.9 Å². The van der Waals surface area contributed by atoms with E-state index in [0.29, 0.717) is 42.7 Å². The lowest BCUT2D eigenvalue weighted by Crippen LogP contribution is -2.39. The van der Waals surface area contributed by atoms with Crippen molar-refractivity contribution in [1.29, 1.82) is 0 Å². The van der Waals surface area contributed by atoms with Crippen molar-refractivity contribution >= 4 is 23.5 Å². The molecule has 0 radical (unpaired) electrons. The van der Waals surface area contributed by atoms with Crippen molar-refractivity contribution in [3.8, 4) is 11.5 Å². The van der Waals surface area contributed by atoms with Gasteiger partial charge in [-0.05, 0) is 12.1 Å². The quantitative estimate of drug-likeness (QED) is 0.530. The molecule has 1 unspecified atom stereocenters. The number of nitrogens with zero attached hydrogens (tertiary/aromatic N) is 2. The molecule has 2 aliphatic rings. The Hall–Kier alpha value is -2.81. The van der Waals surface area contributed by atoms with E-state index in [2.05, 4.69) is 10.3 Å². The number of carbonyl (C=O) groups excluding carboxylic acids is 2. The van der Waals surface area contributed by atoms with Crippen LogP contribution in [0.5, 0.6) is 11.5 Å². The van der Waals surface area contributed by atoms with Crippen LogP contribution in [0.4, 0.5) is 5.69 Å². The molecule has 2 aliphatic heterocycles. The van der Waals surface area contributed by atoms with Crippen LogP contribution >= 0.6 is 0 Å². The van der Waals surface area contributed by atoms with Gasteiger partial charge in [0.05, 0.1) is 39.2 Å². The van der Waals surface area contributed by atoms with Crippen LogP contribution in [0.2, 0.25) is 0 Å². The molecule has 0 saturated carbocycles. The molecule has 1 atom stereocenters. The maximum Gasteiger partial charge on any atom is 0.302 e. The monoisotopic (exact) mass is 363 g/mol. The van der Waals surface area contributed by atoms with Crippen LogP contribution in [0.15, 0.2) is 17.1 Å². The minimum atomic E-state index is -0.667. The van der Waals surface area contributed by atoms with E-state index < -0.39 is 6.04 Å². The molecule has 9 heteroatoms. The summed E-state index contributed by atoms with van der Waals surface area (Å²) in [7, 11) is 1.54. The highest BCUT2D eigenvalue weighted by Crippen LogP contribution is 2.41. The predicted molar refractivity (Wildman–Crippen MR) is 91.4 cm³/mol. The predicted octanol–water partition coefficient (Wildman–Crippen LogP) is 0.321. The number of esters is 1. The Kier molecular flexibility index (Phi) is 5.27. The summed E-state index contributed by atoms with van der Waals surface area (Å²) in [5.74, 6) is 0.913. The van der Waals surface area contributed by atoms with E-state index in [1.54, 1.807) is 17.0 Å². The summed E-state index contributed by atoms with van der Waals surface area (Å²) in [6.07, 6.45) is 0.555. The first-order valence-electron chi connectivity index (χ1n) is 8.28. The third-order valence-electron chi connectivity index (χ3n) is 4.17. The van der Waals surface area contributed by atoms with E-state index in [9.17, 15) is 14.7 Å². The Bertz CT molecular complexity index is 748. The number of aliphatic imine (C=N–C) groups is 1. The normalized spacial score (nSPS) is 17.8. The second-order valence-electron chi connectivity index (χ2n) is 5.89. The smallest absolute Gasteiger partial charge is 0.302 e. The Labute approximate surface area is 150 Å². The summed E-state index contributed by atoms with van der Waals surface area (Å²) in [4.78, 5) is 28.8. The van der Waals surface area contributed by atoms with E-state index in [1.165, 1.54) is 14.0 Å². The van der Waals surface area contributed by atoms with Gasteiger partial charge in [0.15, 0.2) is 11.5 Å². The molecule has 0 aliphatic carbocycles. The number of hydrogen-bond acceptors (Lipinski definition) is 8. The zero-order chi connectivity index (χ0) is 18.7. The minimum absolute atomic E-state index is 0.278. The van der Waals surface area contributed by atoms with Gasteiger partial charge in [0.1, 0.15) is 6.04 Å². The van der Waals surface area contributed by atoms with Crippen LogP contribution in [-0.4, -0.2) is 60.8 Å². The van der Waals surface area contributed by atoms with E-state index in [-0.39, 0.29) is 25.1 Å². The second kappa shape index (κ2) is 7.61. The van der Waals surface area contributed by atoms with Crippen LogP contribution < -0.4 is 14.8 Å². The van der Waals surface area contributed by atoms with Gasteiger partial charge in [0.25, 0.3) is 5.91 Å². The molecule has 1 saturated heterocycles. The lowest BCUT2D eigenvalue weighted by atomic mass is 10.1. The first-order valence-corrected chi connectivity index (χ1v) is 8.28. The number of benzene rings is 1. The molecule has 2 heterocycles. The molecular weight excluding hydrogens is 342 g/mol. The first-order chi connectivity index (χ1) is 12.5. The number of aliphatic hydroxyl groups is 1. The van der Waals surface area contributed by atoms with Crippen LogP contribution in [-0.2, 0) is 20.9 Å². The molecule has 1 fully saturated rings. The molecular formula is C17H21N3O6. The molecule has 3 rings (SSSR count). The van der Waals surface area contributed by atoms with Crippen LogP contribution in [0, 0.1) is 0 Å². The molecule has 1 aromatic carbocycles. The number of ether oxygens (including phenoxy) is 3. The average molecular weight is 363 g/mol. The Balaban J connectivity index is 1.76. The zero-order valence-electron chi connectivity index (χ0n) is 14.7. The van der Waals surface area contributed by atoms with E-state index in [4.69, 9.17) is 14.2 Å². The van der Waals surface area contributed by atoms with Crippen molar-refractivity contribution in [2.75, 3.05) is 26.9 Å². The summed E-state index contributed by atoms with van der Waals surface area (Å²) in [5.41, 5.74) is 1.46. The molecule has 9 nitrogen and oxygen atoms in total. The van der Waals surface area contributed by atoms with Crippen molar-refractivity contribution in [2.24, 2.45) is 4.99 Å². The van der Waals surface area contributed by atoms with Gasteiger partial charge in [0, 0.05) is 18.9 Å². The van der Waals surface area contributed by atoms with E-state index in [0.717, 1.165) is 5.56 Å². The summed E-state index contributed by atoms with van der Waals surface area (Å²) in [5, 5.41) is 12.1. The van der Waals surface area contributed by atoms with E-state index >= 15 is 0 Å².